The fraction of sp³-hybridized carbons (Fsp3) is 0.222. The van der Waals surface area contributed by atoms with Crippen molar-refractivity contribution in [1.29, 1.82) is 0 Å². The molecule has 23 heavy (non-hydrogen) atoms. The molecule has 2 aromatic carbocycles. The Morgan fingerprint density at radius 2 is 1.74 bits per heavy atom. The van der Waals surface area contributed by atoms with Gasteiger partial charge >= 0.3 is 0 Å². The molecule has 0 atom stereocenters. The van der Waals surface area contributed by atoms with Crippen molar-refractivity contribution in [3.05, 3.63) is 75.1 Å². The number of allylic oxidation sites excluding steroid dienone is 1. The molecular weight excluding hydrogens is 330 g/mol. The van der Waals surface area contributed by atoms with Crippen LogP contribution in [0.25, 0.3) is 6.08 Å². The first-order chi connectivity index (χ1) is 11.0. The number of aryl methyl sites for hydroxylation is 1. The average Bonchev–Trinajstić information content (AvgIpc) is 2.56. The van der Waals surface area contributed by atoms with E-state index in [-0.39, 0.29) is 0 Å². The van der Waals surface area contributed by atoms with Gasteiger partial charge in [0.2, 0.25) is 10.0 Å². The molecular formula is C18H18ClNO2S. The number of hydrogen-bond donors (Lipinski definition) is 0. The molecule has 0 N–H and O–H groups in total. The fourth-order valence-electron chi connectivity index (χ4n) is 2.74. The lowest BCUT2D eigenvalue weighted by molar-refractivity contribution is 0.471. The molecule has 0 saturated carbocycles. The summed E-state index contributed by atoms with van der Waals surface area (Å²) in [4.78, 5) is 0.479. The lowest BCUT2D eigenvalue weighted by Gasteiger charge is -2.22. The van der Waals surface area contributed by atoms with E-state index in [0.29, 0.717) is 22.9 Å². The molecule has 0 radical (unpaired) electrons. The minimum Gasteiger partial charge on any atom is -0.207 e. The molecule has 120 valence electrons. The second-order valence-electron chi connectivity index (χ2n) is 5.70. The smallest absolute Gasteiger partial charge is 0.207 e. The minimum atomic E-state index is -3.45. The largest absolute Gasteiger partial charge is 0.239 e. The molecule has 0 spiro atoms. The van der Waals surface area contributed by atoms with E-state index in [0.717, 1.165) is 17.5 Å². The summed E-state index contributed by atoms with van der Waals surface area (Å²) in [5.41, 5.74) is 3.11. The number of rotatable bonds is 4. The van der Waals surface area contributed by atoms with Gasteiger partial charge in [-0.15, -0.1) is 0 Å². The van der Waals surface area contributed by atoms with Crippen molar-refractivity contribution in [2.75, 3.05) is 7.05 Å². The first kappa shape index (κ1) is 16.2. The Bertz CT molecular complexity index is 842. The summed E-state index contributed by atoms with van der Waals surface area (Å²) in [6.45, 7) is 0.332. The summed E-state index contributed by atoms with van der Waals surface area (Å²) < 4.78 is 27.0. The van der Waals surface area contributed by atoms with Crippen molar-refractivity contribution in [3.8, 4) is 0 Å². The fourth-order valence-corrected chi connectivity index (χ4v) is 4.22. The number of fused-ring (bicyclic) bond motifs is 1. The summed E-state index contributed by atoms with van der Waals surface area (Å²) in [6.07, 6.45) is 3.10. The summed E-state index contributed by atoms with van der Waals surface area (Å²) in [6, 6.07) is 15.2. The summed E-state index contributed by atoms with van der Waals surface area (Å²) in [5.74, 6) is 0. The lowest BCUT2D eigenvalue weighted by atomic mass is 9.98. The predicted molar refractivity (Wildman–Crippen MR) is 94.6 cm³/mol. The second-order valence-corrected chi connectivity index (χ2v) is 8.23. The van der Waals surface area contributed by atoms with Gasteiger partial charge in [-0.1, -0.05) is 48.0 Å². The van der Waals surface area contributed by atoms with Crippen molar-refractivity contribution < 1.29 is 8.42 Å². The maximum absolute atomic E-state index is 12.8. The van der Waals surface area contributed by atoms with E-state index in [1.165, 1.54) is 9.87 Å². The van der Waals surface area contributed by atoms with Gasteiger partial charge in [-0.2, -0.15) is 4.31 Å². The lowest BCUT2D eigenvalue weighted by Crippen LogP contribution is -2.28. The highest BCUT2D eigenvalue weighted by molar-refractivity contribution is 7.93. The maximum atomic E-state index is 12.8. The van der Waals surface area contributed by atoms with E-state index in [1.54, 1.807) is 25.3 Å². The van der Waals surface area contributed by atoms with Gasteiger partial charge in [0.15, 0.2) is 0 Å². The van der Waals surface area contributed by atoms with E-state index in [2.05, 4.69) is 0 Å². The van der Waals surface area contributed by atoms with Gasteiger partial charge in [-0.3, -0.25) is 0 Å². The van der Waals surface area contributed by atoms with Crippen LogP contribution >= 0.6 is 11.6 Å². The molecule has 0 heterocycles. The van der Waals surface area contributed by atoms with E-state index in [4.69, 9.17) is 11.6 Å². The first-order valence-corrected chi connectivity index (χ1v) is 9.28. The van der Waals surface area contributed by atoms with Gasteiger partial charge in [-0.25, -0.2) is 8.42 Å². The number of benzene rings is 2. The van der Waals surface area contributed by atoms with Gasteiger partial charge < -0.3 is 0 Å². The molecule has 0 bridgehead atoms. The maximum Gasteiger partial charge on any atom is 0.239 e. The second kappa shape index (κ2) is 6.48. The number of hydrogen-bond acceptors (Lipinski definition) is 2. The zero-order valence-electron chi connectivity index (χ0n) is 12.9. The molecule has 0 aliphatic heterocycles. The van der Waals surface area contributed by atoms with Gasteiger partial charge in [0, 0.05) is 18.6 Å². The standard InChI is InChI=1S/C18H18ClNO2S/c1-20(13-14-6-9-17(19)10-7-14)23(21,22)18-11-8-15-4-2-3-5-16(15)12-18/h2-7,9-10,12H,8,11,13H2,1H3. The topological polar surface area (TPSA) is 37.4 Å². The van der Waals surface area contributed by atoms with Crippen molar-refractivity contribution in [3.63, 3.8) is 0 Å². The van der Waals surface area contributed by atoms with Gasteiger partial charge in [-0.05, 0) is 47.7 Å². The summed E-state index contributed by atoms with van der Waals surface area (Å²) >= 11 is 5.87. The normalized spacial score (nSPS) is 14.5. The van der Waals surface area contributed by atoms with Crippen molar-refractivity contribution >= 4 is 27.7 Å². The van der Waals surface area contributed by atoms with Crippen LogP contribution in [0.4, 0.5) is 0 Å². The third-order valence-corrected chi connectivity index (χ3v) is 6.26. The Kier molecular flexibility index (Phi) is 4.57. The van der Waals surface area contributed by atoms with Crippen LogP contribution in [0.5, 0.6) is 0 Å². The summed E-state index contributed by atoms with van der Waals surface area (Å²) in [7, 11) is -1.84. The molecule has 0 fully saturated rings. The van der Waals surface area contributed by atoms with E-state index >= 15 is 0 Å². The number of nitrogens with zero attached hydrogens (tertiary/aromatic N) is 1. The molecule has 0 amide bonds. The third-order valence-electron chi connectivity index (χ3n) is 4.07. The zero-order chi connectivity index (χ0) is 16.4. The van der Waals surface area contributed by atoms with E-state index in [9.17, 15) is 8.42 Å². The molecule has 3 rings (SSSR count). The molecule has 1 aliphatic carbocycles. The highest BCUT2D eigenvalue weighted by Gasteiger charge is 2.26. The van der Waals surface area contributed by atoms with Crippen LogP contribution in [-0.2, 0) is 23.0 Å². The predicted octanol–water partition coefficient (Wildman–Crippen LogP) is 4.09. The average molecular weight is 348 g/mol. The molecule has 0 unspecified atom stereocenters. The van der Waals surface area contributed by atoms with Crippen LogP contribution in [0.3, 0.4) is 0 Å². The monoisotopic (exact) mass is 347 g/mol. The molecule has 0 aromatic heterocycles. The highest BCUT2D eigenvalue weighted by atomic mass is 35.5. The van der Waals surface area contributed by atoms with Crippen molar-refractivity contribution in [2.45, 2.75) is 19.4 Å². The minimum absolute atomic E-state index is 0.332. The molecule has 3 nitrogen and oxygen atoms in total. The number of sulfonamides is 1. The summed E-state index contributed by atoms with van der Waals surface area (Å²) in [5, 5.41) is 0.644. The van der Waals surface area contributed by atoms with Crippen molar-refractivity contribution in [2.24, 2.45) is 0 Å². The Labute approximate surface area is 142 Å². The van der Waals surface area contributed by atoms with Gasteiger partial charge in [0.1, 0.15) is 0 Å². The zero-order valence-corrected chi connectivity index (χ0v) is 14.4. The molecule has 0 saturated heterocycles. The van der Waals surface area contributed by atoms with Crippen LogP contribution in [0, 0.1) is 0 Å². The van der Waals surface area contributed by atoms with Crippen LogP contribution in [0.2, 0.25) is 5.02 Å². The number of halogens is 1. The van der Waals surface area contributed by atoms with Gasteiger partial charge in [0.25, 0.3) is 0 Å². The van der Waals surface area contributed by atoms with Gasteiger partial charge in [0.05, 0.1) is 4.91 Å². The highest BCUT2D eigenvalue weighted by Crippen LogP contribution is 2.29. The van der Waals surface area contributed by atoms with Crippen molar-refractivity contribution in [1.82, 2.24) is 4.31 Å². The van der Waals surface area contributed by atoms with Crippen LogP contribution in [0.1, 0.15) is 23.1 Å². The van der Waals surface area contributed by atoms with Crippen LogP contribution in [0.15, 0.2) is 53.4 Å². The molecule has 5 heteroatoms. The Morgan fingerprint density at radius 3 is 2.48 bits per heavy atom. The van der Waals surface area contributed by atoms with Crippen LogP contribution < -0.4 is 0 Å². The Balaban J connectivity index is 1.84. The molecule has 1 aliphatic rings. The van der Waals surface area contributed by atoms with E-state index < -0.39 is 10.0 Å². The Morgan fingerprint density at radius 1 is 1.04 bits per heavy atom. The third kappa shape index (κ3) is 3.50. The quantitative estimate of drug-likeness (QED) is 0.835. The molecule has 2 aromatic rings. The van der Waals surface area contributed by atoms with E-state index in [1.807, 2.05) is 36.4 Å². The van der Waals surface area contributed by atoms with Crippen LogP contribution in [-0.4, -0.2) is 19.8 Å². The SMILES string of the molecule is CN(Cc1ccc(Cl)cc1)S(=O)(=O)C1=Cc2ccccc2CC1. The first-order valence-electron chi connectivity index (χ1n) is 7.46. The Hall–Kier alpha value is -1.62.